The Balaban J connectivity index is 1.82. The molecule has 3 heteroatoms. The van der Waals surface area contributed by atoms with E-state index >= 15 is 0 Å². The highest BCUT2D eigenvalue weighted by atomic mass is 16.5. The van der Waals surface area contributed by atoms with Gasteiger partial charge in [-0.3, -0.25) is 4.79 Å². The smallest absolute Gasteiger partial charge is 0.258 e. The number of hydrogen-bond acceptors (Lipinski definition) is 2. The van der Waals surface area contributed by atoms with Gasteiger partial charge in [-0.15, -0.1) is 0 Å². The largest absolute Gasteiger partial charge is 0.483 e. The Kier molecular flexibility index (Phi) is 4.99. The quantitative estimate of drug-likeness (QED) is 0.914. The summed E-state index contributed by atoms with van der Waals surface area (Å²) < 4.78 is 5.57. The van der Waals surface area contributed by atoms with Crippen molar-refractivity contribution in [3.05, 3.63) is 64.7 Å². The monoisotopic (exact) mass is 283 g/mol. The number of rotatable bonds is 5. The highest BCUT2D eigenvalue weighted by molar-refractivity contribution is 5.77. The van der Waals surface area contributed by atoms with Crippen LogP contribution in [0.25, 0.3) is 0 Å². The van der Waals surface area contributed by atoms with E-state index in [1.807, 2.05) is 63.2 Å². The summed E-state index contributed by atoms with van der Waals surface area (Å²) in [6.07, 6.45) is 0. The molecule has 0 saturated carbocycles. The van der Waals surface area contributed by atoms with Crippen LogP contribution in [0.1, 0.15) is 22.3 Å². The number of hydrogen-bond donors (Lipinski definition) is 1. The normalized spacial score (nSPS) is 10.2. The molecule has 3 nitrogen and oxygen atoms in total. The van der Waals surface area contributed by atoms with Crippen molar-refractivity contribution >= 4 is 5.91 Å². The van der Waals surface area contributed by atoms with Gasteiger partial charge in [0, 0.05) is 6.54 Å². The SMILES string of the molecule is Cc1ccc(CNC(=O)COc2cc(C)ccc2C)cc1. The Hall–Kier alpha value is -2.29. The molecule has 0 aliphatic rings. The summed E-state index contributed by atoms with van der Waals surface area (Å²) in [5.41, 5.74) is 4.45. The third kappa shape index (κ3) is 4.63. The summed E-state index contributed by atoms with van der Waals surface area (Å²) in [4.78, 5) is 11.8. The minimum absolute atomic E-state index is 0.0379. The van der Waals surface area contributed by atoms with Crippen LogP contribution in [0.5, 0.6) is 5.75 Å². The van der Waals surface area contributed by atoms with Gasteiger partial charge in [-0.2, -0.15) is 0 Å². The molecular formula is C18H21NO2. The fourth-order valence-corrected chi connectivity index (χ4v) is 1.96. The topological polar surface area (TPSA) is 38.3 Å². The van der Waals surface area contributed by atoms with Gasteiger partial charge in [0.15, 0.2) is 6.61 Å². The Morgan fingerprint density at radius 3 is 2.38 bits per heavy atom. The van der Waals surface area contributed by atoms with Gasteiger partial charge in [0.1, 0.15) is 5.75 Å². The van der Waals surface area contributed by atoms with E-state index in [0.29, 0.717) is 6.54 Å². The van der Waals surface area contributed by atoms with E-state index < -0.39 is 0 Å². The van der Waals surface area contributed by atoms with Crippen molar-refractivity contribution in [3.8, 4) is 5.75 Å². The fraction of sp³-hybridized carbons (Fsp3) is 0.278. The first-order valence-electron chi connectivity index (χ1n) is 7.07. The zero-order valence-corrected chi connectivity index (χ0v) is 12.8. The zero-order chi connectivity index (χ0) is 15.2. The molecule has 0 aromatic heterocycles. The molecule has 0 atom stereocenters. The lowest BCUT2D eigenvalue weighted by Crippen LogP contribution is -2.28. The standard InChI is InChI=1S/C18H21NO2/c1-13-5-8-16(9-6-13)11-19-18(20)12-21-17-10-14(2)4-7-15(17)3/h4-10H,11-12H2,1-3H3,(H,19,20). The van der Waals surface area contributed by atoms with Crippen molar-refractivity contribution < 1.29 is 9.53 Å². The summed E-state index contributed by atoms with van der Waals surface area (Å²) in [5, 5.41) is 2.86. The molecule has 110 valence electrons. The molecule has 0 bridgehead atoms. The van der Waals surface area contributed by atoms with Crippen molar-refractivity contribution in [1.29, 1.82) is 0 Å². The lowest BCUT2D eigenvalue weighted by molar-refractivity contribution is -0.123. The molecule has 0 heterocycles. The molecule has 2 rings (SSSR count). The first kappa shape index (κ1) is 15.1. The van der Waals surface area contributed by atoms with Gasteiger partial charge >= 0.3 is 0 Å². The molecule has 1 amide bonds. The molecule has 0 spiro atoms. The van der Waals surface area contributed by atoms with Crippen molar-refractivity contribution in [2.24, 2.45) is 0 Å². The number of amides is 1. The highest BCUT2D eigenvalue weighted by Crippen LogP contribution is 2.18. The Morgan fingerprint density at radius 1 is 1.00 bits per heavy atom. The molecule has 0 radical (unpaired) electrons. The molecule has 0 fully saturated rings. The summed E-state index contributed by atoms with van der Waals surface area (Å²) >= 11 is 0. The van der Waals surface area contributed by atoms with Crippen LogP contribution in [0, 0.1) is 20.8 Å². The molecule has 21 heavy (non-hydrogen) atoms. The van der Waals surface area contributed by atoms with Gasteiger partial charge in [-0.25, -0.2) is 0 Å². The van der Waals surface area contributed by atoms with Crippen LogP contribution < -0.4 is 10.1 Å². The van der Waals surface area contributed by atoms with E-state index in [4.69, 9.17) is 4.74 Å². The van der Waals surface area contributed by atoms with Gasteiger partial charge in [-0.05, 0) is 43.5 Å². The number of carbonyl (C=O) groups is 1. The minimum Gasteiger partial charge on any atom is -0.483 e. The molecule has 0 aliphatic heterocycles. The van der Waals surface area contributed by atoms with Crippen LogP contribution in [-0.4, -0.2) is 12.5 Å². The van der Waals surface area contributed by atoms with Crippen LogP contribution >= 0.6 is 0 Å². The van der Waals surface area contributed by atoms with Crippen molar-refractivity contribution in [1.82, 2.24) is 5.32 Å². The van der Waals surface area contributed by atoms with E-state index in [1.54, 1.807) is 0 Å². The van der Waals surface area contributed by atoms with Crippen LogP contribution in [0.4, 0.5) is 0 Å². The van der Waals surface area contributed by atoms with E-state index in [1.165, 1.54) is 5.56 Å². The second kappa shape index (κ2) is 6.93. The van der Waals surface area contributed by atoms with Crippen LogP contribution in [0.3, 0.4) is 0 Å². The van der Waals surface area contributed by atoms with Gasteiger partial charge in [0.2, 0.25) is 0 Å². The van der Waals surface area contributed by atoms with Crippen molar-refractivity contribution in [3.63, 3.8) is 0 Å². The maximum atomic E-state index is 11.8. The summed E-state index contributed by atoms with van der Waals surface area (Å²) in [7, 11) is 0. The average Bonchev–Trinajstić information content (AvgIpc) is 2.47. The van der Waals surface area contributed by atoms with E-state index in [9.17, 15) is 4.79 Å². The summed E-state index contributed by atoms with van der Waals surface area (Å²) in [6, 6.07) is 14.1. The Labute approximate surface area is 126 Å². The maximum absolute atomic E-state index is 11.8. The lowest BCUT2D eigenvalue weighted by atomic mass is 10.1. The molecule has 0 saturated heterocycles. The second-order valence-corrected chi connectivity index (χ2v) is 5.32. The molecule has 0 unspecified atom stereocenters. The number of ether oxygens (including phenoxy) is 1. The van der Waals surface area contributed by atoms with Gasteiger partial charge < -0.3 is 10.1 Å². The number of carbonyl (C=O) groups excluding carboxylic acids is 1. The summed E-state index contributed by atoms with van der Waals surface area (Å²) in [6.45, 7) is 6.58. The molecule has 2 aromatic carbocycles. The van der Waals surface area contributed by atoms with Crippen LogP contribution in [0.2, 0.25) is 0 Å². The predicted molar refractivity (Wildman–Crippen MR) is 84.4 cm³/mol. The van der Waals surface area contributed by atoms with E-state index in [-0.39, 0.29) is 12.5 Å². The third-order valence-corrected chi connectivity index (χ3v) is 3.31. The third-order valence-electron chi connectivity index (χ3n) is 3.31. The maximum Gasteiger partial charge on any atom is 0.258 e. The fourth-order valence-electron chi connectivity index (χ4n) is 1.96. The lowest BCUT2D eigenvalue weighted by Gasteiger charge is -2.10. The zero-order valence-electron chi connectivity index (χ0n) is 12.8. The number of aryl methyl sites for hydroxylation is 3. The van der Waals surface area contributed by atoms with Gasteiger partial charge in [-0.1, -0.05) is 42.0 Å². The minimum atomic E-state index is -0.114. The molecular weight excluding hydrogens is 262 g/mol. The molecule has 0 aliphatic carbocycles. The first-order chi connectivity index (χ1) is 10.0. The van der Waals surface area contributed by atoms with Crippen LogP contribution in [-0.2, 0) is 11.3 Å². The highest BCUT2D eigenvalue weighted by Gasteiger charge is 2.05. The van der Waals surface area contributed by atoms with Crippen molar-refractivity contribution in [2.45, 2.75) is 27.3 Å². The summed E-state index contributed by atoms with van der Waals surface area (Å²) in [5.74, 6) is 0.650. The van der Waals surface area contributed by atoms with E-state index in [2.05, 4.69) is 5.32 Å². The Bertz CT molecular complexity index is 618. The van der Waals surface area contributed by atoms with Gasteiger partial charge in [0.05, 0.1) is 0 Å². The molecule has 2 aromatic rings. The van der Waals surface area contributed by atoms with E-state index in [0.717, 1.165) is 22.4 Å². The molecule has 1 N–H and O–H groups in total. The first-order valence-corrected chi connectivity index (χ1v) is 7.07. The average molecular weight is 283 g/mol. The number of benzene rings is 2. The van der Waals surface area contributed by atoms with Crippen LogP contribution in [0.15, 0.2) is 42.5 Å². The van der Waals surface area contributed by atoms with Gasteiger partial charge in [0.25, 0.3) is 5.91 Å². The number of nitrogens with one attached hydrogen (secondary N) is 1. The predicted octanol–water partition coefficient (Wildman–Crippen LogP) is 3.31. The second-order valence-electron chi connectivity index (χ2n) is 5.32. The Morgan fingerprint density at radius 2 is 1.67 bits per heavy atom. The van der Waals surface area contributed by atoms with Crippen molar-refractivity contribution in [2.75, 3.05) is 6.61 Å².